The third kappa shape index (κ3) is 1.92. The standard InChI is InChI=1S/C16H15N5O/c1-11-16-14(4-5-18-11)13-3-2-12(22)8-15(13)21(16)7-6-20-10-17-9-19-20/h2-5,8-10,18H,6-7H2,1H3. The molecule has 0 unspecified atom stereocenters. The molecule has 110 valence electrons. The van der Waals surface area contributed by atoms with Gasteiger partial charge in [-0.05, 0) is 25.1 Å². The molecule has 0 saturated heterocycles. The van der Waals surface area contributed by atoms with Crippen LogP contribution in [-0.4, -0.2) is 24.3 Å². The lowest BCUT2D eigenvalue weighted by atomic mass is 10.2. The molecule has 0 aliphatic rings. The number of H-pyrrole nitrogens is 1. The van der Waals surface area contributed by atoms with Gasteiger partial charge in [0.1, 0.15) is 12.7 Å². The molecule has 4 aromatic rings. The highest BCUT2D eigenvalue weighted by Crippen LogP contribution is 2.29. The maximum atomic E-state index is 11.8. The van der Waals surface area contributed by atoms with E-state index < -0.39 is 0 Å². The first kappa shape index (κ1) is 12.8. The predicted octanol–water partition coefficient (Wildman–Crippen LogP) is 2.08. The molecule has 0 aliphatic carbocycles. The zero-order valence-electron chi connectivity index (χ0n) is 12.2. The second-order valence-electron chi connectivity index (χ2n) is 5.35. The Kier molecular flexibility index (Phi) is 2.82. The molecule has 3 heterocycles. The zero-order chi connectivity index (χ0) is 15.1. The normalized spacial score (nSPS) is 11.5. The minimum Gasteiger partial charge on any atom is -0.364 e. The van der Waals surface area contributed by atoms with Crippen molar-refractivity contribution in [3.8, 4) is 0 Å². The van der Waals surface area contributed by atoms with E-state index in [0.717, 1.165) is 34.0 Å². The van der Waals surface area contributed by atoms with Crippen molar-refractivity contribution in [1.82, 2.24) is 24.3 Å². The summed E-state index contributed by atoms with van der Waals surface area (Å²) in [5, 5.41) is 6.40. The summed E-state index contributed by atoms with van der Waals surface area (Å²) in [7, 11) is 0. The van der Waals surface area contributed by atoms with E-state index in [4.69, 9.17) is 0 Å². The molecule has 0 saturated carbocycles. The highest BCUT2D eigenvalue weighted by Gasteiger charge is 2.12. The van der Waals surface area contributed by atoms with Crippen LogP contribution in [-0.2, 0) is 13.1 Å². The largest absolute Gasteiger partial charge is 0.364 e. The lowest BCUT2D eigenvalue weighted by Gasteiger charge is -2.09. The minimum atomic E-state index is 0.0268. The molecular weight excluding hydrogens is 278 g/mol. The molecule has 1 aromatic carbocycles. The number of hydrogen-bond donors (Lipinski definition) is 1. The number of benzene rings is 1. The smallest absolute Gasteiger partial charge is 0.180 e. The van der Waals surface area contributed by atoms with Crippen molar-refractivity contribution in [2.75, 3.05) is 0 Å². The van der Waals surface area contributed by atoms with Gasteiger partial charge < -0.3 is 9.55 Å². The van der Waals surface area contributed by atoms with Crippen LogP contribution in [0.2, 0.25) is 0 Å². The van der Waals surface area contributed by atoms with Gasteiger partial charge in [-0.15, -0.1) is 0 Å². The van der Waals surface area contributed by atoms with Gasteiger partial charge >= 0.3 is 0 Å². The second-order valence-corrected chi connectivity index (χ2v) is 5.35. The van der Waals surface area contributed by atoms with Gasteiger partial charge in [0.15, 0.2) is 5.43 Å². The van der Waals surface area contributed by atoms with Crippen LogP contribution in [0.5, 0.6) is 0 Å². The molecule has 6 heteroatoms. The van der Waals surface area contributed by atoms with E-state index in [-0.39, 0.29) is 5.43 Å². The summed E-state index contributed by atoms with van der Waals surface area (Å²) < 4.78 is 3.97. The van der Waals surface area contributed by atoms with Gasteiger partial charge in [-0.3, -0.25) is 9.48 Å². The van der Waals surface area contributed by atoms with Gasteiger partial charge in [0.25, 0.3) is 0 Å². The number of aromatic amines is 1. The van der Waals surface area contributed by atoms with Crippen LogP contribution in [0.1, 0.15) is 5.69 Å². The molecule has 1 N–H and O–H groups in total. The molecule has 4 rings (SSSR count). The first-order valence-corrected chi connectivity index (χ1v) is 7.17. The van der Waals surface area contributed by atoms with E-state index in [1.54, 1.807) is 23.1 Å². The highest BCUT2D eigenvalue weighted by atomic mass is 16.1. The number of aromatic nitrogens is 5. The average Bonchev–Trinajstić information content (AvgIpc) is 3.11. The fourth-order valence-electron chi connectivity index (χ4n) is 3.03. The Labute approximate surface area is 126 Å². The molecule has 0 radical (unpaired) electrons. The summed E-state index contributed by atoms with van der Waals surface area (Å²) in [6.45, 7) is 3.48. The molecule has 0 atom stereocenters. The maximum absolute atomic E-state index is 11.8. The van der Waals surface area contributed by atoms with Gasteiger partial charge in [0.05, 0.1) is 17.6 Å². The topological polar surface area (TPSA) is 68.5 Å². The molecular formula is C16H15N5O. The van der Waals surface area contributed by atoms with E-state index in [1.165, 1.54) is 6.33 Å². The summed E-state index contributed by atoms with van der Waals surface area (Å²) in [6, 6.07) is 7.29. The van der Waals surface area contributed by atoms with Crippen LogP contribution in [0.25, 0.3) is 21.8 Å². The van der Waals surface area contributed by atoms with Crippen LogP contribution in [0.3, 0.4) is 0 Å². The molecule has 0 bridgehead atoms. The van der Waals surface area contributed by atoms with E-state index in [1.807, 2.05) is 19.2 Å². The number of aryl methyl sites for hydroxylation is 3. The van der Waals surface area contributed by atoms with E-state index in [2.05, 4.69) is 25.7 Å². The Hall–Kier alpha value is -2.89. The SMILES string of the molecule is Cc1[nH]ccc2c3ccc(=O)cc3n(CCn3cncn3)c12. The molecule has 6 nitrogen and oxygen atoms in total. The number of rotatable bonds is 3. The van der Waals surface area contributed by atoms with Crippen LogP contribution in [0.4, 0.5) is 0 Å². The van der Waals surface area contributed by atoms with Gasteiger partial charge in [-0.1, -0.05) is 0 Å². The molecule has 0 aliphatic heterocycles. The highest BCUT2D eigenvalue weighted by molar-refractivity contribution is 6.08. The first-order chi connectivity index (χ1) is 10.7. The molecule has 0 amide bonds. The number of nitrogens with one attached hydrogen (secondary N) is 1. The Bertz CT molecular complexity index is 1010. The Morgan fingerprint density at radius 2 is 2.09 bits per heavy atom. The van der Waals surface area contributed by atoms with E-state index >= 15 is 0 Å². The monoisotopic (exact) mass is 293 g/mol. The van der Waals surface area contributed by atoms with E-state index in [0.29, 0.717) is 6.54 Å². The second kappa shape index (κ2) is 4.84. The van der Waals surface area contributed by atoms with Crippen molar-refractivity contribution in [1.29, 1.82) is 0 Å². The van der Waals surface area contributed by atoms with Gasteiger partial charge in [0.2, 0.25) is 0 Å². The summed E-state index contributed by atoms with van der Waals surface area (Å²) >= 11 is 0. The molecule has 0 fully saturated rings. The summed E-state index contributed by atoms with van der Waals surface area (Å²) in [6.07, 6.45) is 5.16. The Morgan fingerprint density at radius 3 is 2.91 bits per heavy atom. The van der Waals surface area contributed by atoms with Crippen LogP contribution < -0.4 is 5.43 Å². The van der Waals surface area contributed by atoms with Crippen molar-refractivity contribution >= 4 is 21.8 Å². The number of hydrogen-bond acceptors (Lipinski definition) is 3. The summed E-state index contributed by atoms with van der Waals surface area (Å²) in [5.74, 6) is 0. The van der Waals surface area contributed by atoms with Gasteiger partial charge in [0, 0.05) is 35.3 Å². The maximum Gasteiger partial charge on any atom is 0.180 e. The lowest BCUT2D eigenvalue weighted by molar-refractivity contribution is 0.548. The van der Waals surface area contributed by atoms with Crippen LogP contribution in [0, 0.1) is 6.92 Å². The fraction of sp³-hybridized carbons (Fsp3) is 0.188. The quantitative estimate of drug-likeness (QED) is 0.629. The third-order valence-electron chi connectivity index (χ3n) is 4.00. The molecule has 22 heavy (non-hydrogen) atoms. The average molecular weight is 293 g/mol. The first-order valence-electron chi connectivity index (χ1n) is 7.17. The number of nitrogens with zero attached hydrogens (tertiary/aromatic N) is 4. The Balaban J connectivity index is 1.96. The van der Waals surface area contributed by atoms with Crippen molar-refractivity contribution in [2.24, 2.45) is 0 Å². The lowest BCUT2D eigenvalue weighted by Crippen LogP contribution is -2.09. The fourth-order valence-corrected chi connectivity index (χ4v) is 3.03. The zero-order valence-corrected chi connectivity index (χ0v) is 12.2. The molecule has 3 aromatic heterocycles. The number of fused-ring (bicyclic) bond motifs is 3. The minimum absolute atomic E-state index is 0.0268. The third-order valence-corrected chi connectivity index (χ3v) is 4.00. The van der Waals surface area contributed by atoms with Crippen molar-refractivity contribution in [2.45, 2.75) is 20.0 Å². The van der Waals surface area contributed by atoms with Crippen LogP contribution >= 0.6 is 0 Å². The van der Waals surface area contributed by atoms with Gasteiger partial charge in [-0.2, -0.15) is 5.10 Å². The Morgan fingerprint density at radius 1 is 1.18 bits per heavy atom. The van der Waals surface area contributed by atoms with Crippen molar-refractivity contribution in [3.63, 3.8) is 0 Å². The number of pyridine rings is 1. The van der Waals surface area contributed by atoms with E-state index in [9.17, 15) is 4.79 Å². The van der Waals surface area contributed by atoms with Crippen molar-refractivity contribution < 1.29 is 0 Å². The molecule has 0 spiro atoms. The van der Waals surface area contributed by atoms with Gasteiger partial charge in [-0.25, -0.2) is 4.98 Å². The summed E-state index contributed by atoms with van der Waals surface area (Å²) in [5.41, 5.74) is 3.20. The van der Waals surface area contributed by atoms with Crippen molar-refractivity contribution in [3.05, 3.63) is 59.0 Å². The summed E-state index contributed by atoms with van der Waals surface area (Å²) in [4.78, 5) is 19.0. The predicted molar refractivity (Wildman–Crippen MR) is 84.8 cm³/mol. The van der Waals surface area contributed by atoms with Crippen LogP contribution in [0.15, 0.2) is 47.9 Å².